The molecule has 0 aliphatic carbocycles. The molecular formula is C17H22N2O2. The molecule has 2 heterocycles. The van der Waals surface area contributed by atoms with Crippen LogP contribution in [-0.2, 0) is 0 Å². The molecule has 1 aliphatic rings. The fourth-order valence-electron chi connectivity index (χ4n) is 2.84. The van der Waals surface area contributed by atoms with Gasteiger partial charge in [0, 0.05) is 37.6 Å². The number of hydrogen-bond donors (Lipinski definition) is 0. The van der Waals surface area contributed by atoms with Crippen LogP contribution in [0.1, 0.15) is 24.4 Å². The molecule has 0 N–H and O–H groups in total. The Morgan fingerprint density at radius 2 is 1.90 bits per heavy atom. The van der Waals surface area contributed by atoms with E-state index in [0.29, 0.717) is 18.3 Å². The Morgan fingerprint density at radius 1 is 1.19 bits per heavy atom. The highest BCUT2D eigenvalue weighted by Gasteiger charge is 2.22. The number of fused-ring (bicyclic) bond motifs is 1. The first kappa shape index (κ1) is 14.3. The van der Waals surface area contributed by atoms with Gasteiger partial charge in [0.1, 0.15) is 5.58 Å². The number of para-hydroxylation sites is 1. The van der Waals surface area contributed by atoms with Crippen molar-refractivity contribution < 1.29 is 9.21 Å². The van der Waals surface area contributed by atoms with Crippen LogP contribution in [0.15, 0.2) is 34.7 Å². The third kappa shape index (κ3) is 3.17. The molecule has 21 heavy (non-hydrogen) atoms. The standard InChI is InChI=1S/C17H22N2O2/c1-13(2)19-9-7-18(8-10-19)12-15(20)17-11-14-5-3-4-6-16(14)21-17/h3-6,11,13H,7-10,12H2,1-2H3. The molecule has 4 nitrogen and oxygen atoms in total. The molecule has 0 atom stereocenters. The summed E-state index contributed by atoms with van der Waals surface area (Å²) in [5.41, 5.74) is 0.783. The summed E-state index contributed by atoms with van der Waals surface area (Å²) in [6, 6.07) is 10.2. The fourth-order valence-corrected chi connectivity index (χ4v) is 2.84. The largest absolute Gasteiger partial charge is 0.453 e. The summed E-state index contributed by atoms with van der Waals surface area (Å²) in [6.07, 6.45) is 0. The van der Waals surface area contributed by atoms with Crippen molar-refractivity contribution in [1.82, 2.24) is 9.80 Å². The van der Waals surface area contributed by atoms with Crippen molar-refractivity contribution >= 4 is 16.8 Å². The van der Waals surface area contributed by atoms with Gasteiger partial charge in [-0.1, -0.05) is 18.2 Å². The minimum Gasteiger partial charge on any atom is -0.453 e. The van der Waals surface area contributed by atoms with E-state index in [1.54, 1.807) is 0 Å². The van der Waals surface area contributed by atoms with E-state index in [1.807, 2.05) is 30.3 Å². The normalized spacial score (nSPS) is 17.7. The number of piperazine rings is 1. The van der Waals surface area contributed by atoms with Crippen LogP contribution in [0.3, 0.4) is 0 Å². The predicted molar refractivity (Wildman–Crippen MR) is 83.7 cm³/mol. The lowest BCUT2D eigenvalue weighted by Crippen LogP contribution is -2.49. The van der Waals surface area contributed by atoms with Crippen LogP contribution < -0.4 is 0 Å². The first-order chi connectivity index (χ1) is 10.1. The van der Waals surface area contributed by atoms with Crippen LogP contribution in [0.2, 0.25) is 0 Å². The van der Waals surface area contributed by atoms with Gasteiger partial charge in [0.2, 0.25) is 5.78 Å². The summed E-state index contributed by atoms with van der Waals surface area (Å²) in [5.74, 6) is 0.548. The second-order valence-corrected chi connectivity index (χ2v) is 5.98. The summed E-state index contributed by atoms with van der Waals surface area (Å²) >= 11 is 0. The van der Waals surface area contributed by atoms with Gasteiger partial charge in [-0.25, -0.2) is 0 Å². The summed E-state index contributed by atoms with van der Waals surface area (Å²) in [4.78, 5) is 17.0. The van der Waals surface area contributed by atoms with Crippen molar-refractivity contribution in [2.75, 3.05) is 32.7 Å². The number of Topliss-reactive ketones (excluding diaryl/α,β-unsaturated/α-hetero) is 1. The predicted octanol–water partition coefficient (Wildman–Crippen LogP) is 2.64. The molecule has 0 unspecified atom stereocenters. The van der Waals surface area contributed by atoms with E-state index >= 15 is 0 Å². The number of nitrogens with zero attached hydrogens (tertiary/aromatic N) is 2. The van der Waals surface area contributed by atoms with Gasteiger partial charge in [0.25, 0.3) is 0 Å². The third-order valence-corrected chi connectivity index (χ3v) is 4.20. The molecule has 1 aromatic carbocycles. The highest BCUT2D eigenvalue weighted by atomic mass is 16.3. The Morgan fingerprint density at radius 3 is 2.57 bits per heavy atom. The molecule has 2 aromatic rings. The topological polar surface area (TPSA) is 36.7 Å². The number of ketones is 1. The lowest BCUT2D eigenvalue weighted by molar-refractivity contribution is 0.0786. The molecule has 0 radical (unpaired) electrons. The van der Waals surface area contributed by atoms with Gasteiger partial charge in [-0.3, -0.25) is 14.6 Å². The number of furan rings is 1. The summed E-state index contributed by atoms with van der Waals surface area (Å²) < 4.78 is 5.64. The second kappa shape index (κ2) is 6.00. The van der Waals surface area contributed by atoms with Crippen LogP contribution in [0, 0.1) is 0 Å². The van der Waals surface area contributed by atoms with Gasteiger partial charge in [0.05, 0.1) is 6.54 Å². The fraction of sp³-hybridized carbons (Fsp3) is 0.471. The maximum atomic E-state index is 12.3. The van der Waals surface area contributed by atoms with Crippen LogP contribution in [0.25, 0.3) is 11.0 Å². The van der Waals surface area contributed by atoms with Gasteiger partial charge in [-0.15, -0.1) is 0 Å². The Balaban J connectivity index is 1.62. The van der Waals surface area contributed by atoms with E-state index in [2.05, 4.69) is 23.6 Å². The van der Waals surface area contributed by atoms with E-state index < -0.39 is 0 Å². The zero-order valence-corrected chi connectivity index (χ0v) is 12.7. The SMILES string of the molecule is CC(C)N1CCN(CC(=O)c2cc3ccccc3o2)CC1. The van der Waals surface area contributed by atoms with Crippen LogP contribution in [-0.4, -0.2) is 54.3 Å². The molecule has 0 amide bonds. The molecule has 1 aromatic heterocycles. The average Bonchev–Trinajstić information content (AvgIpc) is 2.92. The molecule has 0 bridgehead atoms. The lowest BCUT2D eigenvalue weighted by atomic mass is 10.2. The second-order valence-electron chi connectivity index (χ2n) is 5.98. The minimum absolute atomic E-state index is 0.0733. The van der Waals surface area contributed by atoms with Gasteiger partial charge >= 0.3 is 0 Å². The van der Waals surface area contributed by atoms with Crippen molar-refractivity contribution in [2.45, 2.75) is 19.9 Å². The third-order valence-electron chi connectivity index (χ3n) is 4.20. The van der Waals surface area contributed by atoms with Crippen LogP contribution in [0.4, 0.5) is 0 Å². The quantitative estimate of drug-likeness (QED) is 0.810. The summed E-state index contributed by atoms with van der Waals surface area (Å²) in [5, 5.41) is 0.991. The molecular weight excluding hydrogens is 264 g/mol. The monoisotopic (exact) mass is 286 g/mol. The van der Waals surface area contributed by atoms with Gasteiger partial charge in [0.15, 0.2) is 5.76 Å². The van der Waals surface area contributed by atoms with Gasteiger partial charge < -0.3 is 4.42 Å². The number of carbonyl (C=O) groups is 1. The molecule has 1 aliphatic heterocycles. The van der Waals surface area contributed by atoms with Crippen molar-refractivity contribution in [3.63, 3.8) is 0 Å². The zero-order chi connectivity index (χ0) is 14.8. The molecule has 0 spiro atoms. The van der Waals surface area contributed by atoms with E-state index in [0.717, 1.165) is 37.1 Å². The van der Waals surface area contributed by atoms with Crippen LogP contribution in [0.5, 0.6) is 0 Å². The number of rotatable bonds is 4. The van der Waals surface area contributed by atoms with Crippen molar-refractivity contribution in [3.8, 4) is 0 Å². The summed E-state index contributed by atoms with van der Waals surface area (Å²) in [7, 11) is 0. The first-order valence-corrected chi connectivity index (χ1v) is 7.61. The van der Waals surface area contributed by atoms with Crippen molar-refractivity contribution in [1.29, 1.82) is 0 Å². The average molecular weight is 286 g/mol. The molecule has 3 rings (SSSR count). The Hall–Kier alpha value is -1.65. The highest BCUT2D eigenvalue weighted by Crippen LogP contribution is 2.19. The minimum atomic E-state index is 0.0733. The first-order valence-electron chi connectivity index (χ1n) is 7.61. The number of carbonyl (C=O) groups excluding carboxylic acids is 1. The maximum Gasteiger partial charge on any atom is 0.211 e. The molecule has 1 fully saturated rings. The lowest BCUT2D eigenvalue weighted by Gasteiger charge is -2.36. The highest BCUT2D eigenvalue weighted by molar-refractivity contribution is 5.98. The van der Waals surface area contributed by atoms with Gasteiger partial charge in [-0.05, 0) is 26.0 Å². The molecule has 1 saturated heterocycles. The Bertz CT molecular complexity index is 592. The molecule has 0 saturated carbocycles. The van der Waals surface area contributed by atoms with E-state index in [4.69, 9.17) is 4.42 Å². The Kier molecular flexibility index (Phi) is 4.08. The maximum absolute atomic E-state index is 12.3. The van der Waals surface area contributed by atoms with E-state index in [-0.39, 0.29) is 5.78 Å². The summed E-state index contributed by atoms with van der Waals surface area (Å²) in [6.45, 7) is 8.85. The smallest absolute Gasteiger partial charge is 0.211 e. The van der Waals surface area contributed by atoms with Crippen molar-refractivity contribution in [3.05, 3.63) is 36.1 Å². The van der Waals surface area contributed by atoms with Crippen LogP contribution >= 0.6 is 0 Å². The number of benzene rings is 1. The van der Waals surface area contributed by atoms with E-state index in [9.17, 15) is 4.79 Å². The Labute approximate surface area is 125 Å². The van der Waals surface area contributed by atoms with Gasteiger partial charge in [-0.2, -0.15) is 0 Å². The molecule has 4 heteroatoms. The zero-order valence-electron chi connectivity index (χ0n) is 12.7. The van der Waals surface area contributed by atoms with E-state index in [1.165, 1.54) is 0 Å². The molecule has 112 valence electrons. The number of hydrogen-bond acceptors (Lipinski definition) is 4. The van der Waals surface area contributed by atoms with Crippen molar-refractivity contribution in [2.24, 2.45) is 0 Å².